The molecule has 0 aliphatic heterocycles. The van der Waals surface area contributed by atoms with Crippen molar-refractivity contribution in [2.75, 3.05) is 0 Å². The Morgan fingerprint density at radius 2 is 1.78 bits per heavy atom. The van der Waals surface area contributed by atoms with Gasteiger partial charge >= 0.3 is 0 Å². The van der Waals surface area contributed by atoms with Crippen LogP contribution in [-0.2, 0) is 6.42 Å². The maximum atomic E-state index is 13.0. The van der Waals surface area contributed by atoms with Crippen LogP contribution in [0.3, 0.4) is 0 Å². The predicted molar refractivity (Wildman–Crippen MR) is 107 cm³/mol. The van der Waals surface area contributed by atoms with Gasteiger partial charge in [0.1, 0.15) is 5.75 Å². The molecule has 138 valence electrons. The number of phenolic OH excluding ortho intramolecular Hbond substituents is 1. The maximum absolute atomic E-state index is 13.0. The molecule has 1 fully saturated rings. The lowest BCUT2D eigenvalue weighted by Gasteiger charge is -2.38. The highest BCUT2D eigenvalue weighted by Crippen LogP contribution is 2.34. The molecule has 4 nitrogen and oxygen atoms in total. The van der Waals surface area contributed by atoms with E-state index >= 15 is 0 Å². The van der Waals surface area contributed by atoms with Gasteiger partial charge in [0, 0.05) is 17.1 Å². The molecule has 0 spiro atoms. The molecule has 0 bridgehead atoms. The number of carbonyl (C=O) groups is 1. The van der Waals surface area contributed by atoms with Gasteiger partial charge in [0.25, 0.3) is 5.91 Å². The van der Waals surface area contributed by atoms with Crippen molar-refractivity contribution < 1.29 is 9.90 Å². The van der Waals surface area contributed by atoms with Crippen LogP contribution in [0, 0.1) is 0 Å². The van der Waals surface area contributed by atoms with Crippen LogP contribution in [0.15, 0.2) is 60.8 Å². The zero-order valence-electron chi connectivity index (χ0n) is 15.3. The minimum Gasteiger partial charge on any atom is -0.508 e. The Hall–Kier alpha value is -2.88. The molecule has 0 unspecified atom stereocenters. The number of aromatic hydroxyl groups is 1. The van der Waals surface area contributed by atoms with E-state index in [2.05, 4.69) is 10.3 Å². The van der Waals surface area contributed by atoms with Gasteiger partial charge in [-0.3, -0.25) is 9.78 Å². The summed E-state index contributed by atoms with van der Waals surface area (Å²) in [6.45, 7) is 0. The number of carbonyl (C=O) groups excluding carboxylic acids is 1. The molecule has 4 rings (SSSR count). The second-order valence-corrected chi connectivity index (χ2v) is 7.52. The second-order valence-electron chi connectivity index (χ2n) is 7.52. The SMILES string of the molecule is O=C(NC1(Cc2ccccc2O)CCCCC1)c1cnc2ccccc2c1. The van der Waals surface area contributed by atoms with E-state index in [-0.39, 0.29) is 11.4 Å². The Bertz CT molecular complexity index is 961. The first kappa shape index (κ1) is 17.5. The number of nitrogens with one attached hydrogen (secondary N) is 1. The summed E-state index contributed by atoms with van der Waals surface area (Å²) in [4.78, 5) is 17.4. The molecule has 0 atom stereocenters. The van der Waals surface area contributed by atoms with Crippen LogP contribution in [-0.4, -0.2) is 21.5 Å². The summed E-state index contributed by atoms with van der Waals surface area (Å²) in [5, 5.41) is 14.5. The molecule has 1 aliphatic carbocycles. The Kier molecular flexibility index (Phi) is 4.80. The average Bonchev–Trinajstić information content (AvgIpc) is 2.70. The molecular formula is C23H24N2O2. The number of fused-ring (bicyclic) bond motifs is 1. The minimum absolute atomic E-state index is 0.0921. The van der Waals surface area contributed by atoms with E-state index < -0.39 is 0 Å². The van der Waals surface area contributed by atoms with Crippen molar-refractivity contribution in [2.45, 2.75) is 44.1 Å². The van der Waals surface area contributed by atoms with Gasteiger partial charge < -0.3 is 10.4 Å². The Labute approximate surface area is 159 Å². The van der Waals surface area contributed by atoms with E-state index in [0.717, 1.165) is 42.1 Å². The third-order valence-electron chi connectivity index (χ3n) is 5.56. The van der Waals surface area contributed by atoms with Crippen molar-refractivity contribution in [1.82, 2.24) is 10.3 Å². The largest absolute Gasteiger partial charge is 0.508 e. The van der Waals surface area contributed by atoms with Gasteiger partial charge in [-0.05, 0) is 43.0 Å². The van der Waals surface area contributed by atoms with Crippen LogP contribution in [0.5, 0.6) is 5.75 Å². The number of benzene rings is 2. The van der Waals surface area contributed by atoms with Gasteiger partial charge in [0.05, 0.1) is 11.1 Å². The molecule has 1 aromatic heterocycles. The lowest BCUT2D eigenvalue weighted by molar-refractivity contribution is 0.0867. The van der Waals surface area contributed by atoms with E-state index in [1.54, 1.807) is 12.3 Å². The number of hydrogen-bond donors (Lipinski definition) is 2. The van der Waals surface area contributed by atoms with Crippen molar-refractivity contribution >= 4 is 16.8 Å². The Morgan fingerprint density at radius 1 is 1.04 bits per heavy atom. The molecule has 0 radical (unpaired) electrons. The van der Waals surface area contributed by atoms with Gasteiger partial charge in [-0.25, -0.2) is 0 Å². The smallest absolute Gasteiger partial charge is 0.253 e. The number of nitrogens with zero attached hydrogens (tertiary/aromatic N) is 1. The van der Waals surface area contributed by atoms with Gasteiger partial charge in [-0.1, -0.05) is 55.7 Å². The molecule has 1 aliphatic rings. The van der Waals surface area contributed by atoms with Crippen molar-refractivity contribution in [3.63, 3.8) is 0 Å². The highest BCUT2D eigenvalue weighted by atomic mass is 16.3. The summed E-state index contributed by atoms with van der Waals surface area (Å²) in [5.41, 5.74) is 2.03. The van der Waals surface area contributed by atoms with Gasteiger partial charge in [-0.2, -0.15) is 0 Å². The number of amides is 1. The van der Waals surface area contributed by atoms with Gasteiger partial charge in [0.2, 0.25) is 0 Å². The Balaban J connectivity index is 1.60. The van der Waals surface area contributed by atoms with Crippen LogP contribution in [0.1, 0.15) is 48.0 Å². The fourth-order valence-corrected chi connectivity index (χ4v) is 4.11. The lowest BCUT2D eigenvalue weighted by atomic mass is 9.77. The summed E-state index contributed by atoms with van der Waals surface area (Å²) >= 11 is 0. The molecule has 3 aromatic rings. The lowest BCUT2D eigenvalue weighted by Crippen LogP contribution is -2.51. The number of aromatic nitrogens is 1. The van der Waals surface area contributed by atoms with E-state index in [1.807, 2.05) is 48.5 Å². The maximum Gasteiger partial charge on any atom is 0.253 e. The monoisotopic (exact) mass is 360 g/mol. The summed E-state index contributed by atoms with van der Waals surface area (Å²) in [6, 6.07) is 17.1. The average molecular weight is 360 g/mol. The molecule has 1 saturated carbocycles. The summed E-state index contributed by atoms with van der Waals surface area (Å²) in [7, 11) is 0. The predicted octanol–water partition coefficient (Wildman–Crippen LogP) is 4.62. The van der Waals surface area contributed by atoms with Crippen LogP contribution < -0.4 is 5.32 Å². The second kappa shape index (κ2) is 7.39. The van der Waals surface area contributed by atoms with E-state index in [1.165, 1.54) is 6.42 Å². The molecule has 2 N–H and O–H groups in total. The fraction of sp³-hybridized carbons (Fsp3) is 0.304. The third kappa shape index (κ3) is 3.80. The molecule has 1 heterocycles. The number of pyridine rings is 1. The first-order valence-electron chi connectivity index (χ1n) is 9.59. The fourth-order valence-electron chi connectivity index (χ4n) is 4.11. The standard InChI is InChI=1S/C23H24N2O2/c26-21-11-5-3-9-18(21)15-23(12-6-1-7-13-23)25-22(27)19-14-17-8-2-4-10-20(17)24-16-19/h2-5,8-11,14,16,26H,1,6-7,12-13,15H2,(H,25,27). The third-order valence-corrected chi connectivity index (χ3v) is 5.56. The van der Waals surface area contributed by atoms with Crippen molar-refractivity contribution in [2.24, 2.45) is 0 Å². The molecule has 27 heavy (non-hydrogen) atoms. The minimum atomic E-state index is -0.320. The van der Waals surface area contributed by atoms with Crippen molar-refractivity contribution in [1.29, 1.82) is 0 Å². The van der Waals surface area contributed by atoms with E-state index in [0.29, 0.717) is 17.7 Å². The zero-order chi connectivity index (χ0) is 18.7. The molecule has 1 amide bonds. The summed E-state index contributed by atoms with van der Waals surface area (Å²) in [6.07, 6.45) is 7.51. The molecule has 2 aromatic carbocycles. The number of para-hydroxylation sites is 2. The molecule has 0 saturated heterocycles. The van der Waals surface area contributed by atoms with Crippen LogP contribution >= 0.6 is 0 Å². The Morgan fingerprint density at radius 3 is 2.59 bits per heavy atom. The quantitative estimate of drug-likeness (QED) is 0.714. The number of hydrogen-bond acceptors (Lipinski definition) is 3. The topological polar surface area (TPSA) is 62.2 Å². The van der Waals surface area contributed by atoms with E-state index in [9.17, 15) is 9.90 Å². The summed E-state index contributed by atoms with van der Waals surface area (Å²) < 4.78 is 0. The highest BCUT2D eigenvalue weighted by molar-refractivity contribution is 5.97. The van der Waals surface area contributed by atoms with Gasteiger partial charge in [-0.15, -0.1) is 0 Å². The molecule has 4 heteroatoms. The van der Waals surface area contributed by atoms with Crippen molar-refractivity contribution in [3.8, 4) is 5.75 Å². The van der Waals surface area contributed by atoms with Crippen molar-refractivity contribution in [3.05, 3.63) is 71.9 Å². The number of rotatable bonds is 4. The first-order valence-corrected chi connectivity index (χ1v) is 9.59. The first-order chi connectivity index (χ1) is 13.2. The van der Waals surface area contributed by atoms with Crippen LogP contribution in [0.2, 0.25) is 0 Å². The normalized spacial score (nSPS) is 16.1. The van der Waals surface area contributed by atoms with Gasteiger partial charge in [0.15, 0.2) is 0 Å². The highest BCUT2D eigenvalue weighted by Gasteiger charge is 2.34. The van der Waals surface area contributed by atoms with Crippen LogP contribution in [0.25, 0.3) is 10.9 Å². The van der Waals surface area contributed by atoms with E-state index in [4.69, 9.17) is 0 Å². The van der Waals surface area contributed by atoms with Crippen LogP contribution in [0.4, 0.5) is 0 Å². The number of phenols is 1. The zero-order valence-corrected chi connectivity index (χ0v) is 15.3. The molecular weight excluding hydrogens is 336 g/mol. The summed E-state index contributed by atoms with van der Waals surface area (Å²) in [5.74, 6) is 0.203.